The zero-order chi connectivity index (χ0) is 52.2. The molecule has 72 heavy (non-hydrogen) atoms. The van der Waals surface area contributed by atoms with Gasteiger partial charge in [0.25, 0.3) is 0 Å². The van der Waals surface area contributed by atoms with Crippen LogP contribution in [0.2, 0.25) is 0 Å². The number of unbranched alkanes of at least 4 members (excludes halogenated alkanes) is 1. The summed E-state index contributed by atoms with van der Waals surface area (Å²) in [6, 6.07) is 60.3. The fourth-order valence-corrected chi connectivity index (χ4v) is 9.85. The second-order valence-electron chi connectivity index (χ2n) is 22.3. The van der Waals surface area contributed by atoms with Crippen molar-refractivity contribution in [3.63, 3.8) is 0 Å². The van der Waals surface area contributed by atoms with Gasteiger partial charge in [-0.05, 0) is 135 Å². The summed E-state index contributed by atoms with van der Waals surface area (Å²) in [4.78, 5) is 9.41. The smallest absolute Gasteiger partial charge is 0.135 e. The summed E-state index contributed by atoms with van der Waals surface area (Å²) in [6.45, 7) is 21.1. The monoisotopic (exact) mass is 1130 g/mol. The maximum absolute atomic E-state index is 8.64. The first-order valence-electron chi connectivity index (χ1n) is 26.7. The molecule has 0 saturated carbocycles. The summed E-state index contributed by atoms with van der Waals surface area (Å²) in [7, 11) is 0. The number of rotatable bonds is 12. The molecule has 0 bridgehead atoms. The van der Waals surface area contributed by atoms with E-state index in [1.54, 1.807) is 6.07 Å². The zero-order valence-corrected chi connectivity index (χ0v) is 45.4. The Labute approximate surface area is 447 Å². The third-order valence-corrected chi connectivity index (χ3v) is 14.0. The van der Waals surface area contributed by atoms with Gasteiger partial charge in [-0.15, -0.1) is 28.8 Å². The number of hydrogen-bond acceptors (Lipinski definition) is 4. The Morgan fingerprint density at radius 2 is 1.35 bits per heavy atom. The molecule has 370 valence electrons. The van der Waals surface area contributed by atoms with Gasteiger partial charge in [0.15, 0.2) is 0 Å². The number of anilines is 3. The standard InChI is InChI=1S/C66H67N4O.Pt/c1-45-20-18-27-56(49-37-51(65(5,6)7)40-52(38-49)66(8,9)10)55(45)25-16-17-35-68-44-69(60-32-29-48(39-62(60)68)47-22-12-11-13-23-47)53-24-19-21-46(36-53)43-71-54-30-31-58-57-26-14-15-28-59(57)70(61(58)42-54)63-41-50(33-34-67-63)64(2,3)4;/h11-15,18-24,26-34,37-41,44H,16-17,25,35,43H2,1-10H3;/q-3;/i1D3;. The fraction of sp³-hybridized carbons (Fsp3) is 0.273. The van der Waals surface area contributed by atoms with Crippen molar-refractivity contribution in [1.29, 1.82) is 0 Å². The fourth-order valence-electron chi connectivity index (χ4n) is 9.85. The van der Waals surface area contributed by atoms with E-state index in [-0.39, 0.29) is 37.3 Å². The molecule has 1 aliphatic rings. The maximum atomic E-state index is 8.64. The quantitative estimate of drug-likeness (QED) is 0.0902. The molecule has 0 aliphatic carbocycles. The topological polar surface area (TPSA) is 33.5 Å². The normalized spacial score (nSPS) is 13.7. The van der Waals surface area contributed by atoms with Gasteiger partial charge in [0.1, 0.15) is 5.82 Å². The molecule has 6 heteroatoms. The van der Waals surface area contributed by atoms with E-state index in [1.807, 2.05) is 24.4 Å². The van der Waals surface area contributed by atoms with Crippen LogP contribution in [-0.2, 0) is 50.3 Å². The molecular weight excluding hydrogens is 1060 g/mol. The molecule has 10 rings (SSSR count). The summed E-state index contributed by atoms with van der Waals surface area (Å²) < 4.78 is 34.7. The van der Waals surface area contributed by atoms with E-state index in [0.29, 0.717) is 24.3 Å². The molecule has 0 unspecified atom stereocenters. The number of para-hydroxylation sites is 1. The number of ether oxygens (including phenoxy) is 1. The van der Waals surface area contributed by atoms with E-state index in [4.69, 9.17) is 13.8 Å². The first kappa shape index (κ1) is 46.6. The Kier molecular flexibility index (Phi) is 13.1. The molecule has 0 spiro atoms. The summed E-state index contributed by atoms with van der Waals surface area (Å²) in [6.07, 6.45) is 4.20. The zero-order valence-electron chi connectivity index (χ0n) is 46.1. The molecule has 0 fully saturated rings. The number of aryl methyl sites for hydroxylation is 1. The van der Waals surface area contributed by atoms with Gasteiger partial charge in [-0.1, -0.05) is 159 Å². The van der Waals surface area contributed by atoms with Gasteiger partial charge >= 0.3 is 0 Å². The number of fused-ring (bicyclic) bond motifs is 4. The molecule has 0 atom stereocenters. The van der Waals surface area contributed by atoms with Gasteiger partial charge in [0.05, 0.1) is 6.61 Å². The van der Waals surface area contributed by atoms with Crippen molar-refractivity contribution < 1.29 is 29.9 Å². The van der Waals surface area contributed by atoms with E-state index in [1.165, 1.54) is 16.7 Å². The minimum absolute atomic E-state index is 0. The Hall–Kier alpha value is -6.42. The molecule has 0 saturated heterocycles. The van der Waals surface area contributed by atoms with Crippen LogP contribution in [0.4, 0.5) is 17.1 Å². The van der Waals surface area contributed by atoms with E-state index < -0.39 is 6.85 Å². The van der Waals surface area contributed by atoms with Crippen molar-refractivity contribution >= 4 is 38.9 Å². The number of benzene rings is 7. The average molecular weight is 1130 g/mol. The minimum Gasteiger partial charge on any atom is -0.517 e. The van der Waals surface area contributed by atoms with Gasteiger partial charge in [-0.3, -0.25) is 0 Å². The largest absolute Gasteiger partial charge is 0.517 e. The molecule has 1 aliphatic heterocycles. The van der Waals surface area contributed by atoms with Gasteiger partial charge < -0.3 is 19.1 Å². The van der Waals surface area contributed by atoms with Crippen LogP contribution in [0.3, 0.4) is 0 Å². The minimum atomic E-state index is -2.24. The van der Waals surface area contributed by atoms with Gasteiger partial charge in [0.2, 0.25) is 0 Å². The number of hydrogen-bond donors (Lipinski definition) is 0. The third-order valence-electron chi connectivity index (χ3n) is 14.0. The van der Waals surface area contributed by atoms with Crippen LogP contribution in [0, 0.1) is 25.7 Å². The van der Waals surface area contributed by atoms with E-state index in [0.717, 1.165) is 97.5 Å². The average Bonchev–Trinajstić information content (AvgIpc) is 3.92. The Morgan fingerprint density at radius 3 is 2.10 bits per heavy atom. The first-order chi connectivity index (χ1) is 35.2. The van der Waals surface area contributed by atoms with Crippen molar-refractivity contribution in [3.05, 3.63) is 210 Å². The molecule has 9 aromatic rings. The van der Waals surface area contributed by atoms with Gasteiger partial charge in [-0.25, -0.2) is 4.98 Å². The molecule has 3 heterocycles. The van der Waals surface area contributed by atoms with Crippen LogP contribution in [0.15, 0.2) is 158 Å². The number of aromatic nitrogens is 2. The molecule has 0 radical (unpaired) electrons. The molecule has 7 aromatic carbocycles. The van der Waals surface area contributed by atoms with E-state index >= 15 is 0 Å². The Bertz CT molecular complexity index is 3470. The Balaban J connectivity index is 0.00000689. The van der Waals surface area contributed by atoms with Crippen LogP contribution in [-0.4, -0.2) is 16.1 Å². The van der Waals surface area contributed by atoms with Crippen LogP contribution in [0.25, 0.3) is 49.9 Å². The predicted molar refractivity (Wildman–Crippen MR) is 298 cm³/mol. The van der Waals surface area contributed by atoms with E-state index in [2.05, 4.69) is 223 Å². The molecule has 5 nitrogen and oxygen atoms in total. The van der Waals surface area contributed by atoms with Crippen LogP contribution in [0.5, 0.6) is 5.75 Å². The summed E-state index contributed by atoms with van der Waals surface area (Å²) in [5.41, 5.74) is 15.3. The summed E-state index contributed by atoms with van der Waals surface area (Å²) >= 11 is 0. The maximum Gasteiger partial charge on any atom is 0.135 e. The van der Waals surface area contributed by atoms with Crippen molar-refractivity contribution in [2.24, 2.45) is 0 Å². The second-order valence-corrected chi connectivity index (χ2v) is 22.3. The van der Waals surface area contributed by atoms with E-state index in [9.17, 15) is 0 Å². The molecule has 0 amide bonds. The van der Waals surface area contributed by atoms with Crippen molar-refractivity contribution in [2.45, 2.75) is 111 Å². The summed E-state index contributed by atoms with van der Waals surface area (Å²) in [5, 5.41) is 2.23. The number of pyridine rings is 1. The molecular formula is C66H67N4OPt-3. The van der Waals surface area contributed by atoms with Crippen LogP contribution < -0.4 is 14.5 Å². The van der Waals surface area contributed by atoms with Gasteiger partial charge in [-0.2, -0.15) is 37.0 Å². The molecule has 0 N–H and O–H groups in total. The predicted octanol–water partition coefficient (Wildman–Crippen LogP) is 17.0. The number of nitrogens with zero attached hydrogens (tertiary/aromatic N) is 4. The third kappa shape index (κ3) is 10.4. The van der Waals surface area contributed by atoms with Crippen molar-refractivity contribution in [3.8, 4) is 33.8 Å². The van der Waals surface area contributed by atoms with Crippen LogP contribution in [0.1, 0.15) is 113 Å². The first-order valence-corrected chi connectivity index (χ1v) is 25.2. The van der Waals surface area contributed by atoms with Crippen molar-refractivity contribution in [1.82, 2.24) is 9.55 Å². The van der Waals surface area contributed by atoms with Crippen LogP contribution >= 0.6 is 0 Å². The van der Waals surface area contributed by atoms with Crippen molar-refractivity contribution in [2.75, 3.05) is 16.3 Å². The summed E-state index contributed by atoms with van der Waals surface area (Å²) in [5.74, 6) is 1.50. The second kappa shape index (κ2) is 20.2. The molecule has 2 aromatic heterocycles. The SMILES string of the molecule is [2H]C([2H])([2H])c1cccc(-c2cc(C(C)(C)C)cc(C(C)(C)C)c2)c1CCCCN1[CH-]N(c2[c-]c(COc3[c-]c4c(cc3)c3ccccc3n4-c3cc(C(C)(C)C)ccn3)ccc2)c2ccc(-c3ccccc3)cc21.[Pt]. The van der Waals surface area contributed by atoms with Gasteiger partial charge in [0, 0.05) is 54.0 Å². The Morgan fingerprint density at radius 1 is 0.611 bits per heavy atom.